The third-order valence-electron chi connectivity index (χ3n) is 2.80. The van der Waals surface area contributed by atoms with Crippen molar-refractivity contribution in [1.29, 1.82) is 0 Å². The molecule has 0 aromatic carbocycles. The van der Waals surface area contributed by atoms with E-state index < -0.39 is 5.97 Å². The van der Waals surface area contributed by atoms with Gasteiger partial charge < -0.3 is 10.0 Å². The van der Waals surface area contributed by atoms with Crippen LogP contribution in [0.4, 0.5) is 5.82 Å². The van der Waals surface area contributed by atoms with Crippen LogP contribution in [0, 0.1) is 20.8 Å². The minimum atomic E-state index is -0.906. The van der Waals surface area contributed by atoms with Gasteiger partial charge in [-0.25, -0.2) is 14.6 Å². The van der Waals surface area contributed by atoms with Crippen molar-refractivity contribution in [3.8, 4) is 5.82 Å². The Bertz CT molecular complexity index is 650. The van der Waals surface area contributed by atoms with Crippen LogP contribution in [0.1, 0.15) is 17.2 Å². The number of rotatable bonds is 4. The number of hydrogen-bond acceptors (Lipinski definition) is 5. The Labute approximate surface area is 116 Å². The molecular weight excluding hydrogens is 258 g/mol. The highest BCUT2D eigenvalue weighted by Crippen LogP contribution is 2.16. The van der Waals surface area contributed by atoms with Gasteiger partial charge in [0.15, 0.2) is 5.82 Å². The summed E-state index contributed by atoms with van der Waals surface area (Å²) in [7, 11) is 1.68. The SMILES string of the molecule is Cc1cc(C)n(-c2cc(N(C)CC(=O)O)nc(C)n2)n1. The molecule has 0 aliphatic carbocycles. The van der Waals surface area contributed by atoms with Crippen LogP contribution in [-0.4, -0.2) is 44.4 Å². The molecule has 0 saturated heterocycles. The van der Waals surface area contributed by atoms with Gasteiger partial charge in [-0.3, -0.25) is 4.79 Å². The maximum atomic E-state index is 10.8. The molecule has 0 fully saturated rings. The topological polar surface area (TPSA) is 84.1 Å². The summed E-state index contributed by atoms with van der Waals surface area (Å²) in [5.41, 5.74) is 1.87. The zero-order valence-electron chi connectivity index (χ0n) is 12.0. The van der Waals surface area contributed by atoms with Crippen molar-refractivity contribution in [2.24, 2.45) is 0 Å². The van der Waals surface area contributed by atoms with Gasteiger partial charge in [-0.2, -0.15) is 5.10 Å². The molecule has 0 radical (unpaired) electrons. The molecule has 0 saturated carbocycles. The van der Waals surface area contributed by atoms with Crippen LogP contribution in [0.5, 0.6) is 0 Å². The van der Waals surface area contributed by atoms with Crippen LogP contribution in [0.2, 0.25) is 0 Å². The Hall–Kier alpha value is -2.44. The second kappa shape index (κ2) is 5.28. The number of hydrogen-bond donors (Lipinski definition) is 1. The number of aryl methyl sites for hydroxylation is 3. The highest BCUT2D eigenvalue weighted by Gasteiger charge is 2.12. The van der Waals surface area contributed by atoms with Gasteiger partial charge in [0.25, 0.3) is 0 Å². The average molecular weight is 275 g/mol. The van der Waals surface area contributed by atoms with E-state index in [4.69, 9.17) is 5.11 Å². The van der Waals surface area contributed by atoms with E-state index >= 15 is 0 Å². The number of carboxylic acids is 1. The molecule has 0 atom stereocenters. The van der Waals surface area contributed by atoms with Crippen LogP contribution in [0.25, 0.3) is 5.82 Å². The molecule has 2 aromatic heterocycles. The highest BCUT2D eigenvalue weighted by atomic mass is 16.4. The normalized spacial score (nSPS) is 10.6. The number of aliphatic carboxylic acids is 1. The number of likely N-dealkylation sites (N-methyl/N-ethyl adjacent to an activating group) is 1. The third kappa shape index (κ3) is 2.93. The fourth-order valence-electron chi connectivity index (χ4n) is 1.99. The van der Waals surface area contributed by atoms with E-state index in [-0.39, 0.29) is 6.54 Å². The van der Waals surface area contributed by atoms with Gasteiger partial charge in [-0.1, -0.05) is 0 Å². The summed E-state index contributed by atoms with van der Waals surface area (Å²) < 4.78 is 1.72. The quantitative estimate of drug-likeness (QED) is 0.899. The fraction of sp³-hybridized carbons (Fsp3) is 0.385. The van der Waals surface area contributed by atoms with E-state index in [0.29, 0.717) is 17.5 Å². The minimum Gasteiger partial charge on any atom is -0.480 e. The number of carboxylic acid groups (broad SMARTS) is 1. The second-order valence-electron chi connectivity index (χ2n) is 4.72. The lowest BCUT2D eigenvalue weighted by Crippen LogP contribution is -2.26. The Kier molecular flexibility index (Phi) is 3.69. The maximum absolute atomic E-state index is 10.8. The molecule has 20 heavy (non-hydrogen) atoms. The Morgan fingerprint density at radius 2 is 2.00 bits per heavy atom. The summed E-state index contributed by atoms with van der Waals surface area (Å²) in [6.07, 6.45) is 0. The van der Waals surface area contributed by atoms with Gasteiger partial charge >= 0.3 is 5.97 Å². The predicted molar refractivity (Wildman–Crippen MR) is 74.3 cm³/mol. The van der Waals surface area contributed by atoms with Crippen molar-refractivity contribution in [2.75, 3.05) is 18.5 Å². The standard InChI is InChI=1S/C13H17N5O2/c1-8-5-9(2)18(16-8)12-6-11(14-10(3)15-12)17(4)7-13(19)20/h5-6H,7H2,1-4H3,(H,19,20). The summed E-state index contributed by atoms with van der Waals surface area (Å²) in [6, 6.07) is 3.69. The van der Waals surface area contributed by atoms with Crippen molar-refractivity contribution in [1.82, 2.24) is 19.7 Å². The second-order valence-corrected chi connectivity index (χ2v) is 4.72. The zero-order valence-corrected chi connectivity index (χ0v) is 12.0. The van der Waals surface area contributed by atoms with Crippen LogP contribution in [0.3, 0.4) is 0 Å². The summed E-state index contributed by atoms with van der Waals surface area (Å²) in [5.74, 6) is 0.858. The predicted octanol–water partition coefficient (Wildman–Crippen LogP) is 1.11. The van der Waals surface area contributed by atoms with E-state index in [0.717, 1.165) is 11.4 Å². The molecule has 7 nitrogen and oxygen atoms in total. The Morgan fingerprint density at radius 3 is 2.55 bits per heavy atom. The Balaban J connectivity index is 2.43. The first kappa shape index (κ1) is 14.0. The number of aromatic nitrogens is 4. The summed E-state index contributed by atoms with van der Waals surface area (Å²) in [4.78, 5) is 21.0. The van der Waals surface area contributed by atoms with Crippen LogP contribution in [0.15, 0.2) is 12.1 Å². The van der Waals surface area contributed by atoms with E-state index in [9.17, 15) is 4.79 Å². The molecule has 7 heteroatoms. The van der Waals surface area contributed by atoms with E-state index in [1.54, 1.807) is 29.6 Å². The largest absolute Gasteiger partial charge is 0.480 e. The van der Waals surface area contributed by atoms with Crippen molar-refractivity contribution >= 4 is 11.8 Å². The van der Waals surface area contributed by atoms with E-state index in [2.05, 4.69) is 15.1 Å². The molecule has 0 bridgehead atoms. The zero-order chi connectivity index (χ0) is 14.9. The van der Waals surface area contributed by atoms with Gasteiger partial charge in [-0.05, 0) is 26.8 Å². The molecule has 1 N–H and O–H groups in total. The van der Waals surface area contributed by atoms with Gasteiger partial charge in [-0.15, -0.1) is 0 Å². The maximum Gasteiger partial charge on any atom is 0.323 e. The first-order chi connectivity index (χ1) is 9.36. The van der Waals surface area contributed by atoms with Crippen molar-refractivity contribution < 1.29 is 9.90 Å². The van der Waals surface area contributed by atoms with E-state index in [1.165, 1.54) is 0 Å². The lowest BCUT2D eigenvalue weighted by atomic mass is 10.4. The number of carbonyl (C=O) groups is 1. The van der Waals surface area contributed by atoms with Gasteiger partial charge in [0, 0.05) is 18.8 Å². The lowest BCUT2D eigenvalue weighted by molar-refractivity contribution is -0.135. The molecule has 106 valence electrons. The van der Waals surface area contributed by atoms with E-state index in [1.807, 2.05) is 19.9 Å². The molecule has 0 aliphatic rings. The first-order valence-corrected chi connectivity index (χ1v) is 6.19. The molecule has 0 amide bonds. The lowest BCUT2D eigenvalue weighted by Gasteiger charge is -2.17. The highest BCUT2D eigenvalue weighted by molar-refractivity contribution is 5.73. The molecular formula is C13H17N5O2. The fourth-order valence-corrected chi connectivity index (χ4v) is 1.99. The monoisotopic (exact) mass is 275 g/mol. The minimum absolute atomic E-state index is 0.118. The van der Waals surface area contributed by atoms with Crippen molar-refractivity contribution in [3.05, 3.63) is 29.3 Å². The Morgan fingerprint density at radius 1 is 1.30 bits per heavy atom. The molecule has 2 aromatic rings. The molecule has 0 aliphatic heterocycles. The number of anilines is 1. The average Bonchev–Trinajstić information content (AvgIpc) is 2.67. The van der Waals surface area contributed by atoms with Gasteiger partial charge in [0.05, 0.1) is 5.69 Å². The molecule has 2 rings (SSSR count). The smallest absolute Gasteiger partial charge is 0.323 e. The van der Waals surface area contributed by atoms with Crippen molar-refractivity contribution in [3.63, 3.8) is 0 Å². The summed E-state index contributed by atoms with van der Waals surface area (Å²) >= 11 is 0. The van der Waals surface area contributed by atoms with Crippen LogP contribution in [-0.2, 0) is 4.79 Å². The molecule has 0 spiro atoms. The van der Waals surface area contributed by atoms with Crippen LogP contribution < -0.4 is 4.90 Å². The molecule has 2 heterocycles. The number of nitrogens with zero attached hydrogens (tertiary/aromatic N) is 5. The van der Waals surface area contributed by atoms with Crippen LogP contribution >= 0.6 is 0 Å². The third-order valence-corrected chi connectivity index (χ3v) is 2.80. The van der Waals surface area contributed by atoms with Crippen molar-refractivity contribution in [2.45, 2.75) is 20.8 Å². The molecule has 0 unspecified atom stereocenters. The summed E-state index contributed by atoms with van der Waals surface area (Å²) in [5, 5.41) is 13.2. The summed E-state index contributed by atoms with van der Waals surface area (Å²) in [6.45, 7) is 5.51. The first-order valence-electron chi connectivity index (χ1n) is 6.19. The van der Waals surface area contributed by atoms with Gasteiger partial charge in [0.2, 0.25) is 0 Å². The van der Waals surface area contributed by atoms with Gasteiger partial charge in [0.1, 0.15) is 18.2 Å².